The van der Waals surface area contributed by atoms with Gasteiger partial charge in [0.05, 0.1) is 6.61 Å². The molecule has 0 saturated carbocycles. The molecule has 2 heterocycles. The van der Waals surface area contributed by atoms with Crippen LogP contribution in [0.15, 0.2) is 18.2 Å². The molecule has 0 bridgehead atoms. The van der Waals surface area contributed by atoms with Gasteiger partial charge in [-0.3, -0.25) is 4.90 Å². The first-order chi connectivity index (χ1) is 9.26. The van der Waals surface area contributed by atoms with Crippen LogP contribution in [-0.2, 0) is 6.61 Å². The summed E-state index contributed by atoms with van der Waals surface area (Å²) in [6, 6.07) is 5.52. The van der Waals surface area contributed by atoms with Crippen LogP contribution in [0.1, 0.15) is 24.8 Å². The Balaban J connectivity index is 1.82. The van der Waals surface area contributed by atoms with Gasteiger partial charge in [0.1, 0.15) is 5.82 Å². The Labute approximate surface area is 113 Å². The van der Waals surface area contributed by atoms with Crippen molar-refractivity contribution in [3.05, 3.63) is 29.6 Å². The minimum atomic E-state index is -0.255. The summed E-state index contributed by atoms with van der Waals surface area (Å²) in [6.07, 6.45) is 3.66. The van der Waals surface area contributed by atoms with Crippen molar-refractivity contribution in [2.75, 3.05) is 31.1 Å². The monoisotopic (exact) mass is 264 g/mol. The van der Waals surface area contributed by atoms with E-state index in [1.807, 2.05) is 6.07 Å². The van der Waals surface area contributed by atoms with Gasteiger partial charge in [-0.1, -0.05) is 0 Å². The first kappa shape index (κ1) is 12.9. The zero-order valence-corrected chi connectivity index (χ0v) is 11.2. The Morgan fingerprint density at radius 1 is 1.16 bits per heavy atom. The minimum absolute atomic E-state index is 0.103. The topological polar surface area (TPSA) is 26.7 Å². The molecular formula is C15H21FN2O. The minimum Gasteiger partial charge on any atom is -0.392 e. The maximum atomic E-state index is 13.6. The van der Waals surface area contributed by atoms with Crippen molar-refractivity contribution in [2.45, 2.75) is 31.9 Å². The first-order valence-electron chi connectivity index (χ1n) is 7.15. The van der Waals surface area contributed by atoms with Gasteiger partial charge < -0.3 is 10.0 Å². The summed E-state index contributed by atoms with van der Waals surface area (Å²) in [6.45, 7) is 4.22. The molecule has 0 aliphatic carbocycles. The van der Waals surface area contributed by atoms with Crippen molar-refractivity contribution in [1.29, 1.82) is 0 Å². The van der Waals surface area contributed by atoms with Gasteiger partial charge in [-0.2, -0.15) is 0 Å². The molecule has 1 atom stereocenters. The third-order valence-corrected chi connectivity index (χ3v) is 4.29. The molecule has 1 aromatic carbocycles. The van der Waals surface area contributed by atoms with Gasteiger partial charge in [0.15, 0.2) is 0 Å². The molecule has 19 heavy (non-hydrogen) atoms. The van der Waals surface area contributed by atoms with Crippen molar-refractivity contribution in [1.82, 2.24) is 4.90 Å². The van der Waals surface area contributed by atoms with E-state index in [9.17, 15) is 9.50 Å². The maximum absolute atomic E-state index is 13.6. The standard InChI is InChI=1S/C15H21FN2O/c16-13-7-12(11-19)8-15(9-13)18-6-2-5-17-4-1-3-14(17)10-18/h7-9,14,19H,1-6,10-11H2. The highest BCUT2D eigenvalue weighted by atomic mass is 19.1. The molecule has 1 aromatic rings. The molecule has 2 saturated heterocycles. The van der Waals surface area contributed by atoms with Crippen LogP contribution in [0.5, 0.6) is 0 Å². The summed E-state index contributed by atoms with van der Waals surface area (Å²) in [5.74, 6) is -0.255. The summed E-state index contributed by atoms with van der Waals surface area (Å²) >= 11 is 0. The number of nitrogens with zero attached hydrogens (tertiary/aromatic N) is 2. The number of rotatable bonds is 2. The second kappa shape index (κ2) is 5.47. The Bertz CT molecular complexity index is 452. The van der Waals surface area contributed by atoms with Crippen molar-refractivity contribution in [3.63, 3.8) is 0 Å². The zero-order chi connectivity index (χ0) is 13.2. The molecular weight excluding hydrogens is 243 g/mol. The molecule has 4 heteroatoms. The number of fused-ring (bicyclic) bond motifs is 1. The van der Waals surface area contributed by atoms with Crippen molar-refractivity contribution >= 4 is 5.69 Å². The fourth-order valence-corrected chi connectivity index (χ4v) is 3.35. The predicted octanol–water partition coefficient (Wildman–Crippen LogP) is 1.99. The molecule has 0 radical (unpaired) electrons. The molecule has 2 aliphatic rings. The normalized spacial score (nSPS) is 24.3. The van der Waals surface area contributed by atoms with Crippen LogP contribution in [0.2, 0.25) is 0 Å². The quantitative estimate of drug-likeness (QED) is 0.885. The third kappa shape index (κ3) is 2.74. The fourth-order valence-electron chi connectivity index (χ4n) is 3.35. The lowest BCUT2D eigenvalue weighted by molar-refractivity contribution is 0.273. The lowest BCUT2D eigenvalue weighted by atomic mass is 10.1. The van der Waals surface area contributed by atoms with E-state index in [0.29, 0.717) is 11.6 Å². The number of halogens is 1. The van der Waals surface area contributed by atoms with Crippen molar-refractivity contribution in [3.8, 4) is 0 Å². The van der Waals surface area contributed by atoms with Gasteiger partial charge in [-0.05, 0) is 49.6 Å². The molecule has 2 aliphatic heterocycles. The molecule has 1 N–H and O–H groups in total. The maximum Gasteiger partial charge on any atom is 0.125 e. The Morgan fingerprint density at radius 3 is 2.84 bits per heavy atom. The Hall–Kier alpha value is -1.13. The molecule has 3 rings (SSSR count). The highest BCUT2D eigenvalue weighted by Gasteiger charge is 2.28. The summed E-state index contributed by atoms with van der Waals surface area (Å²) in [4.78, 5) is 4.84. The fraction of sp³-hybridized carbons (Fsp3) is 0.600. The van der Waals surface area contributed by atoms with Crippen LogP contribution < -0.4 is 4.90 Å². The van der Waals surface area contributed by atoms with E-state index in [-0.39, 0.29) is 12.4 Å². The number of benzene rings is 1. The molecule has 0 aromatic heterocycles. The SMILES string of the molecule is OCc1cc(F)cc(N2CCCN3CCCC3C2)c1. The molecule has 0 spiro atoms. The van der Waals surface area contributed by atoms with Gasteiger partial charge in [0.2, 0.25) is 0 Å². The van der Waals surface area contributed by atoms with E-state index in [2.05, 4.69) is 9.80 Å². The second-order valence-corrected chi connectivity index (χ2v) is 5.61. The average Bonchev–Trinajstić information content (AvgIpc) is 2.75. The molecule has 0 amide bonds. The van der Waals surface area contributed by atoms with Crippen LogP contribution in [0, 0.1) is 5.82 Å². The van der Waals surface area contributed by atoms with Gasteiger partial charge >= 0.3 is 0 Å². The molecule has 104 valence electrons. The number of hydrogen-bond acceptors (Lipinski definition) is 3. The van der Waals surface area contributed by atoms with Crippen molar-refractivity contribution in [2.24, 2.45) is 0 Å². The third-order valence-electron chi connectivity index (χ3n) is 4.29. The van der Waals surface area contributed by atoms with Crippen LogP contribution in [0.4, 0.5) is 10.1 Å². The highest BCUT2D eigenvalue weighted by Crippen LogP contribution is 2.26. The number of aliphatic hydroxyl groups excluding tert-OH is 1. The van der Waals surface area contributed by atoms with E-state index in [0.717, 1.165) is 31.7 Å². The lowest BCUT2D eigenvalue weighted by Crippen LogP contribution is -2.36. The first-order valence-corrected chi connectivity index (χ1v) is 7.15. The van der Waals surface area contributed by atoms with Crippen LogP contribution >= 0.6 is 0 Å². The zero-order valence-electron chi connectivity index (χ0n) is 11.2. The van der Waals surface area contributed by atoms with Crippen LogP contribution in [0.3, 0.4) is 0 Å². The summed E-state index contributed by atoms with van der Waals surface area (Å²) < 4.78 is 13.6. The average molecular weight is 264 g/mol. The van der Waals surface area contributed by atoms with E-state index < -0.39 is 0 Å². The van der Waals surface area contributed by atoms with E-state index >= 15 is 0 Å². The van der Waals surface area contributed by atoms with E-state index in [1.54, 1.807) is 6.07 Å². The molecule has 2 fully saturated rings. The smallest absolute Gasteiger partial charge is 0.125 e. The van der Waals surface area contributed by atoms with Crippen molar-refractivity contribution < 1.29 is 9.50 Å². The van der Waals surface area contributed by atoms with E-state index in [1.165, 1.54) is 25.5 Å². The Morgan fingerprint density at radius 2 is 2.00 bits per heavy atom. The largest absolute Gasteiger partial charge is 0.392 e. The number of anilines is 1. The number of aliphatic hydroxyl groups is 1. The van der Waals surface area contributed by atoms with Gasteiger partial charge in [-0.15, -0.1) is 0 Å². The summed E-state index contributed by atoms with van der Waals surface area (Å²) in [7, 11) is 0. The van der Waals surface area contributed by atoms with Crippen LogP contribution in [-0.4, -0.2) is 42.2 Å². The van der Waals surface area contributed by atoms with Gasteiger partial charge in [0.25, 0.3) is 0 Å². The summed E-state index contributed by atoms with van der Waals surface area (Å²) in [5, 5.41) is 9.20. The number of hydrogen-bond donors (Lipinski definition) is 1. The molecule has 1 unspecified atom stereocenters. The molecule has 3 nitrogen and oxygen atoms in total. The van der Waals surface area contributed by atoms with Gasteiger partial charge in [-0.25, -0.2) is 4.39 Å². The summed E-state index contributed by atoms with van der Waals surface area (Å²) in [5.41, 5.74) is 1.57. The lowest BCUT2D eigenvalue weighted by Gasteiger charge is -2.27. The second-order valence-electron chi connectivity index (χ2n) is 5.61. The predicted molar refractivity (Wildman–Crippen MR) is 73.7 cm³/mol. The highest BCUT2D eigenvalue weighted by molar-refractivity contribution is 5.49. The van der Waals surface area contributed by atoms with Gasteiger partial charge in [0, 0.05) is 31.4 Å². The van der Waals surface area contributed by atoms with Crippen LogP contribution in [0.25, 0.3) is 0 Å². The van der Waals surface area contributed by atoms with E-state index in [4.69, 9.17) is 0 Å². The Kier molecular flexibility index (Phi) is 3.71.